The highest BCUT2D eigenvalue weighted by atomic mass is 35.5. The number of rotatable bonds is 4. The highest BCUT2D eigenvalue weighted by molar-refractivity contribution is 6.28. The number of hydrogen-bond donors (Lipinski definition) is 1. The van der Waals surface area contributed by atoms with Gasteiger partial charge in [0.25, 0.3) is 0 Å². The van der Waals surface area contributed by atoms with Gasteiger partial charge in [-0.3, -0.25) is 0 Å². The molecule has 96 valence electrons. The molecule has 1 heterocycles. The predicted molar refractivity (Wildman–Crippen MR) is 73.5 cm³/mol. The molecular formula is C12H21ClN4. The number of nitrogen functional groups attached to an aromatic ring is 1. The maximum absolute atomic E-state index is 6.04. The van der Waals surface area contributed by atoms with Crippen LogP contribution in [0.15, 0.2) is 0 Å². The molecule has 0 aliphatic heterocycles. The fourth-order valence-corrected chi connectivity index (χ4v) is 1.89. The first-order valence-electron chi connectivity index (χ1n) is 5.89. The second kappa shape index (κ2) is 5.54. The van der Waals surface area contributed by atoms with Crippen LogP contribution in [0.5, 0.6) is 0 Å². The molecule has 0 saturated heterocycles. The van der Waals surface area contributed by atoms with Crippen molar-refractivity contribution < 1.29 is 0 Å². The van der Waals surface area contributed by atoms with Gasteiger partial charge in [0.15, 0.2) is 5.82 Å². The van der Waals surface area contributed by atoms with Crippen LogP contribution in [0.2, 0.25) is 5.28 Å². The van der Waals surface area contributed by atoms with Gasteiger partial charge in [0.1, 0.15) is 0 Å². The van der Waals surface area contributed by atoms with Gasteiger partial charge in [-0.25, -0.2) is 4.98 Å². The molecule has 0 atom stereocenters. The van der Waals surface area contributed by atoms with E-state index in [0.717, 1.165) is 18.1 Å². The number of nitrogens with two attached hydrogens (primary N) is 1. The van der Waals surface area contributed by atoms with Crippen molar-refractivity contribution >= 4 is 23.1 Å². The number of halogens is 1. The van der Waals surface area contributed by atoms with Crippen LogP contribution in [0, 0.1) is 12.8 Å². The summed E-state index contributed by atoms with van der Waals surface area (Å²) in [7, 11) is 0. The summed E-state index contributed by atoms with van der Waals surface area (Å²) in [6.45, 7) is 11.3. The Labute approximate surface area is 108 Å². The summed E-state index contributed by atoms with van der Waals surface area (Å²) in [5.74, 6) is 1.28. The lowest BCUT2D eigenvalue weighted by atomic mass is 10.1. The second-order valence-corrected chi connectivity index (χ2v) is 5.29. The Morgan fingerprint density at radius 3 is 2.29 bits per heavy atom. The molecule has 0 radical (unpaired) electrons. The van der Waals surface area contributed by atoms with Crippen LogP contribution >= 0.6 is 11.6 Å². The van der Waals surface area contributed by atoms with Gasteiger partial charge in [0.05, 0.1) is 11.4 Å². The van der Waals surface area contributed by atoms with E-state index in [4.69, 9.17) is 17.3 Å². The average molecular weight is 257 g/mol. The third kappa shape index (κ3) is 3.46. The van der Waals surface area contributed by atoms with Gasteiger partial charge in [-0.1, -0.05) is 13.8 Å². The number of hydrogen-bond acceptors (Lipinski definition) is 4. The number of aryl methyl sites for hydroxylation is 1. The van der Waals surface area contributed by atoms with Gasteiger partial charge in [0, 0.05) is 12.6 Å². The van der Waals surface area contributed by atoms with Crippen molar-refractivity contribution in [1.29, 1.82) is 0 Å². The van der Waals surface area contributed by atoms with Crippen molar-refractivity contribution in [3.8, 4) is 0 Å². The Hall–Kier alpha value is -1.03. The van der Waals surface area contributed by atoms with E-state index in [2.05, 4.69) is 42.6 Å². The number of aromatic nitrogens is 2. The Balaban J connectivity index is 3.18. The number of anilines is 2. The van der Waals surface area contributed by atoms with Crippen molar-refractivity contribution in [2.75, 3.05) is 17.2 Å². The first kappa shape index (κ1) is 14.0. The molecule has 1 aromatic rings. The normalized spacial score (nSPS) is 11.3. The Morgan fingerprint density at radius 2 is 1.82 bits per heavy atom. The lowest BCUT2D eigenvalue weighted by Gasteiger charge is -2.30. The van der Waals surface area contributed by atoms with E-state index in [-0.39, 0.29) is 5.28 Å². The van der Waals surface area contributed by atoms with Crippen molar-refractivity contribution in [1.82, 2.24) is 9.97 Å². The van der Waals surface area contributed by atoms with E-state index in [0.29, 0.717) is 17.6 Å². The van der Waals surface area contributed by atoms with Gasteiger partial charge < -0.3 is 10.6 Å². The van der Waals surface area contributed by atoms with E-state index >= 15 is 0 Å². The van der Waals surface area contributed by atoms with Gasteiger partial charge in [-0.2, -0.15) is 4.98 Å². The molecule has 0 saturated carbocycles. The molecule has 4 nitrogen and oxygen atoms in total. The Bertz CT molecular complexity index is 390. The van der Waals surface area contributed by atoms with Crippen LogP contribution in [0.25, 0.3) is 0 Å². The highest BCUT2D eigenvalue weighted by Crippen LogP contribution is 2.26. The summed E-state index contributed by atoms with van der Waals surface area (Å²) in [6, 6.07) is 0.324. The minimum Gasteiger partial charge on any atom is -0.394 e. The van der Waals surface area contributed by atoms with Crippen LogP contribution in [0.4, 0.5) is 11.5 Å². The molecular weight excluding hydrogens is 236 g/mol. The van der Waals surface area contributed by atoms with Gasteiger partial charge >= 0.3 is 0 Å². The highest BCUT2D eigenvalue weighted by Gasteiger charge is 2.18. The second-order valence-electron chi connectivity index (χ2n) is 4.96. The van der Waals surface area contributed by atoms with Crippen molar-refractivity contribution in [2.45, 2.75) is 40.7 Å². The SMILES string of the molecule is Cc1nc(Cl)nc(N(CC(C)C)C(C)C)c1N. The summed E-state index contributed by atoms with van der Waals surface area (Å²) in [5.41, 5.74) is 7.39. The molecule has 0 fully saturated rings. The molecule has 0 amide bonds. The monoisotopic (exact) mass is 256 g/mol. The fourth-order valence-electron chi connectivity index (χ4n) is 1.69. The molecule has 2 N–H and O–H groups in total. The maximum atomic E-state index is 6.04. The largest absolute Gasteiger partial charge is 0.394 e. The lowest BCUT2D eigenvalue weighted by Crippen LogP contribution is -2.35. The van der Waals surface area contributed by atoms with Gasteiger partial charge in [0.2, 0.25) is 5.28 Å². The first-order valence-corrected chi connectivity index (χ1v) is 6.27. The third-order valence-corrected chi connectivity index (χ3v) is 2.72. The molecule has 0 spiro atoms. The first-order chi connectivity index (χ1) is 7.82. The third-order valence-electron chi connectivity index (χ3n) is 2.55. The topological polar surface area (TPSA) is 55.0 Å². The lowest BCUT2D eigenvalue weighted by molar-refractivity contribution is 0.566. The van der Waals surface area contributed by atoms with Crippen LogP contribution in [0.1, 0.15) is 33.4 Å². The predicted octanol–water partition coefficient (Wildman–Crippen LogP) is 2.89. The molecule has 0 aromatic carbocycles. The van der Waals surface area contributed by atoms with Crippen LogP contribution < -0.4 is 10.6 Å². The van der Waals surface area contributed by atoms with E-state index in [1.807, 2.05) is 6.92 Å². The van der Waals surface area contributed by atoms with Crippen LogP contribution in [-0.2, 0) is 0 Å². The summed E-state index contributed by atoms with van der Waals surface area (Å²) < 4.78 is 0. The number of nitrogens with zero attached hydrogens (tertiary/aromatic N) is 3. The van der Waals surface area contributed by atoms with Crippen LogP contribution in [0.3, 0.4) is 0 Å². The zero-order chi connectivity index (χ0) is 13.2. The van der Waals surface area contributed by atoms with E-state index in [1.165, 1.54) is 0 Å². The Kier molecular flexibility index (Phi) is 4.57. The minimum atomic E-state index is 0.251. The van der Waals surface area contributed by atoms with Crippen LogP contribution in [-0.4, -0.2) is 22.6 Å². The summed E-state index contributed by atoms with van der Waals surface area (Å²) in [6.07, 6.45) is 0. The van der Waals surface area contributed by atoms with Crippen molar-refractivity contribution in [3.05, 3.63) is 11.0 Å². The maximum Gasteiger partial charge on any atom is 0.224 e. The molecule has 5 heteroatoms. The molecule has 0 aliphatic carbocycles. The average Bonchev–Trinajstić information content (AvgIpc) is 2.19. The summed E-state index contributed by atoms with van der Waals surface area (Å²) in [4.78, 5) is 10.5. The zero-order valence-electron chi connectivity index (χ0n) is 11.2. The molecule has 17 heavy (non-hydrogen) atoms. The van der Waals surface area contributed by atoms with Gasteiger partial charge in [-0.15, -0.1) is 0 Å². The standard InChI is InChI=1S/C12H21ClN4/c1-7(2)6-17(8(3)4)11-10(14)9(5)15-12(13)16-11/h7-8H,6,14H2,1-5H3. The van der Waals surface area contributed by atoms with E-state index in [1.54, 1.807) is 0 Å². The summed E-state index contributed by atoms with van der Waals surface area (Å²) in [5, 5.41) is 0.251. The van der Waals surface area contributed by atoms with E-state index in [9.17, 15) is 0 Å². The smallest absolute Gasteiger partial charge is 0.224 e. The summed E-state index contributed by atoms with van der Waals surface area (Å²) >= 11 is 5.90. The Morgan fingerprint density at radius 1 is 1.24 bits per heavy atom. The fraction of sp³-hybridized carbons (Fsp3) is 0.667. The van der Waals surface area contributed by atoms with Crippen molar-refractivity contribution in [3.63, 3.8) is 0 Å². The quantitative estimate of drug-likeness (QED) is 0.842. The molecule has 0 unspecified atom stereocenters. The molecule has 1 rings (SSSR count). The van der Waals surface area contributed by atoms with E-state index < -0.39 is 0 Å². The zero-order valence-corrected chi connectivity index (χ0v) is 11.9. The van der Waals surface area contributed by atoms with Crippen molar-refractivity contribution in [2.24, 2.45) is 5.92 Å². The molecule has 0 bridgehead atoms. The minimum absolute atomic E-state index is 0.251. The van der Waals surface area contributed by atoms with Gasteiger partial charge in [-0.05, 0) is 38.3 Å². The molecule has 1 aromatic heterocycles. The molecule has 0 aliphatic rings.